The summed E-state index contributed by atoms with van der Waals surface area (Å²) in [5, 5.41) is 20.5. The molecule has 2 N–H and O–H groups in total. The summed E-state index contributed by atoms with van der Waals surface area (Å²) in [6.45, 7) is 3.82. The second-order valence-corrected chi connectivity index (χ2v) is 4.52. The summed E-state index contributed by atoms with van der Waals surface area (Å²) in [6.07, 6.45) is 1.70. The quantitative estimate of drug-likeness (QED) is 0.653. The summed E-state index contributed by atoms with van der Waals surface area (Å²) in [5.41, 5.74) is 1.46. The van der Waals surface area contributed by atoms with Gasteiger partial charge < -0.3 is 19.7 Å². The van der Waals surface area contributed by atoms with Crippen LogP contribution in [0.4, 0.5) is 0 Å². The van der Waals surface area contributed by atoms with Crippen molar-refractivity contribution in [2.24, 2.45) is 0 Å². The molecule has 0 spiro atoms. The van der Waals surface area contributed by atoms with Gasteiger partial charge in [-0.15, -0.1) is 6.58 Å². The number of hydrogen-bond donors (Lipinski definition) is 2. The van der Waals surface area contributed by atoms with Crippen LogP contribution in [0.3, 0.4) is 0 Å². The van der Waals surface area contributed by atoms with E-state index in [0.29, 0.717) is 5.56 Å². The van der Waals surface area contributed by atoms with Crippen LogP contribution in [0.25, 0.3) is 0 Å². The molecule has 0 bridgehead atoms. The molecule has 4 heteroatoms. The zero-order valence-electron chi connectivity index (χ0n) is 12.0. The van der Waals surface area contributed by atoms with E-state index in [4.69, 9.17) is 9.47 Å². The molecule has 4 nitrogen and oxygen atoms in total. The molecule has 2 rings (SSSR count). The van der Waals surface area contributed by atoms with Crippen molar-refractivity contribution in [1.82, 2.24) is 0 Å². The molecule has 0 amide bonds. The molecule has 2 aromatic rings. The van der Waals surface area contributed by atoms with E-state index in [9.17, 15) is 10.2 Å². The van der Waals surface area contributed by atoms with Crippen molar-refractivity contribution < 1.29 is 19.7 Å². The van der Waals surface area contributed by atoms with Gasteiger partial charge in [-0.25, -0.2) is 0 Å². The summed E-state index contributed by atoms with van der Waals surface area (Å²) in [5.74, 6) is -0.215. The van der Waals surface area contributed by atoms with Gasteiger partial charge in [0.25, 0.3) is 0 Å². The molecule has 0 aliphatic rings. The van der Waals surface area contributed by atoms with Gasteiger partial charge in [0.15, 0.2) is 11.5 Å². The Balaban J connectivity index is 2.63. The van der Waals surface area contributed by atoms with Gasteiger partial charge in [0.2, 0.25) is 11.5 Å². The average molecular weight is 286 g/mol. The van der Waals surface area contributed by atoms with Crippen molar-refractivity contribution in [1.29, 1.82) is 0 Å². The molecule has 0 saturated heterocycles. The van der Waals surface area contributed by atoms with Crippen LogP contribution in [-0.4, -0.2) is 24.4 Å². The fourth-order valence-corrected chi connectivity index (χ4v) is 2.36. The van der Waals surface area contributed by atoms with Crippen molar-refractivity contribution in [2.45, 2.75) is 5.92 Å². The zero-order valence-corrected chi connectivity index (χ0v) is 12.0. The number of ether oxygens (including phenoxy) is 2. The Morgan fingerprint density at radius 2 is 1.67 bits per heavy atom. The van der Waals surface area contributed by atoms with E-state index in [1.165, 1.54) is 20.3 Å². The summed E-state index contributed by atoms with van der Waals surface area (Å²) in [6, 6.07) is 11.1. The highest BCUT2D eigenvalue weighted by atomic mass is 16.5. The number of phenols is 2. The predicted molar refractivity (Wildman–Crippen MR) is 81.4 cm³/mol. The SMILES string of the molecule is C=CC(c1ccccc1)c1cc(O)c(OC)c(OC)c1O. The fourth-order valence-electron chi connectivity index (χ4n) is 2.36. The summed E-state index contributed by atoms with van der Waals surface area (Å²) < 4.78 is 10.2. The minimum atomic E-state index is -0.267. The van der Waals surface area contributed by atoms with E-state index in [1.807, 2.05) is 30.3 Å². The molecule has 2 aromatic carbocycles. The number of hydrogen-bond acceptors (Lipinski definition) is 4. The third kappa shape index (κ3) is 2.65. The number of allylic oxidation sites excluding steroid dienone is 1. The van der Waals surface area contributed by atoms with Crippen LogP contribution in [0.5, 0.6) is 23.0 Å². The van der Waals surface area contributed by atoms with Crippen LogP contribution in [-0.2, 0) is 0 Å². The molecule has 0 aliphatic carbocycles. The average Bonchev–Trinajstić information content (AvgIpc) is 2.51. The maximum Gasteiger partial charge on any atom is 0.207 e. The van der Waals surface area contributed by atoms with Gasteiger partial charge in [-0.05, 0) is 11.6 Å². The van der Waals surface area contributed by atoms with Crippen molar-refractivity contribution in [2.75, 3.05) is 14.2 Å². The Morgan fingerprint density at radius 1 is 1.05 bits per heavy atom. The van der Waals surface area contributed by atoms with E-state index >= 15 is 0 Å². The Bertz CT molecular complexity index is 635. The largest absolute Gasteiger partial charge is 0.504 e. The van der Waals surface area contributed by atoms with Gasteiger partial charge in [0.1, 0.15) is 0 Å². The number of benzene rings is 2. The third-order valence-corrected chi connectivity index (χ3v) is 3.36. The molecular weight excluding hydrogens is 268 g/mol. The minimum absolute atomic E-state index is 0.0686. The summed E-state index contributed by atoms with van der Waals surface area (Å²) in [7, 11) is 2.81. The zero-order chi connectivity index (χ0) is 15.4. The van der Waals surface area contributed by atoms with Crippen LogP contribution in [0.15, 0.2) is 49.1 Å². The highest BCUT2D eigenvalue weighted by Crippen LogP contribution is 2.48. The lowest BCUT2D eigenvalue weighted by molar-refractivity contribution is 0.315. The molecule has 0 aromatic heterocycles. The maximum atomic E-state index is 10.4. The lowest BCUT2D eigenvalue weighted by Crippen LogP contribution is -2.01. The van der Waals surface area contributed by atoms with Gasteiger partial charge in [-0.3, -0.25) is 0 Å². The standard InChI is InChI=1S/C17H18O4/c1-4-12(11-8-6-5-7-9-11)13-10-14(18)16(20-2)17(21-3)15(13)19/h4-10,12,18-19H,1H2,2-3H3. The topological polar surface area (TPSA) is 58.9 Å². The Morgan fingerprint density at radius 3 is 2.19 bits per heavy atom. The highest BCUT2D eigenvalue weighted by Gasteiger charge is 2.23. The molecule has 21 heavy (non-hydrogen) atoms. The summed E-state index contributed by atoms with van der Waals surface area (Å²) >= 11 is 0. The van der Waals surface area contributed by atoms with Crippen molar-refractivity contribution >= 4 is 0 Å². The lowest BCUT2D eigenvalue weighted by atomic mass is 9.90. The van der Waals surface area contributed by atoms with Gasteiger partial charge in [0.05, 0.1) is 14.2 Å². The first kappa shape index (κ1) is 14.8. The van der Waals surface area contributed by atoms with Gasteiger partial charge in [-0.2, -0.15) is 0 Å². The highest BCUT2D eigenvalue weighted by molar-refractivity contribution is 5.64. The van der Waals surface area contributed by atoms with E-state index in [1.54, 1.807) is 6.08 Å². The third-order valence-electron chi connectivity index (χ3n) is 3.36. The van der Waals surface area contributed by atoms with E-state index in [-0.39, 0.29) is 28.9 Å². The van der Waals surface area contributed by atoms with E-state index < -0.39 is 0 Å². The molecule has 0 aliphatic heterocycles. The first-order valence-corrected chi connectivity index (χ1v) is 6.48. The normalized spacial score (nSPS) is 11.7. The Labute approximate surface area is 123 Å². The first-order chi connectivity index (χ1) is 10.1. The van der Waals surface area contributed by atoms with Gasteiger partial charge >= 0.3 is 0 Å². The Hall–Kier alpha value is -2.62. The van der Waals surface area contributed by atoms with Crippen LogP contribution in [0.1, 0.15) is 17.0 Å². The fraction of sp³-hybridized carbons (Fsp3) is 0.176. The molecule has 1 unspecified atom stereocenters. The van der Waals surface area contributed by atoms with Crippen LogP contribution in [0, 0.1) is 0 Å². The monoisotopic (exact) mass is 286 g/mol. The number of phenolic OH excluding ortho intramolecular Hbond substituents is 2. The van der Waals surface area contributed by atoms with Crippen LogP contribution < -0.4 is 9.47 Å². The van der Waals surface area contributed by atoms with Gasteiger partial charge in [-0.1, -0.05) is 36.4 Å². The smallest absolute Gasteiger partial charge is 0.207 e. The van der Waals surface area contributed by atoms with Gasteiger partial charge in [0, 0.05) is 11.5 Å². The second kappa shape index (κ2) is 6.22. The Kier molecular flexibility index (Phi) is 4.38. The molecule has 0 radical (unpaired) electrons. The molecule has 0 heterocycles. The van der Waals surface area contributed by atoms with Crippen LogP contribution >= 0.6 is 0 Å². The molecule has 0 saturated carbocycles. The van der Waals surface area contributed by atoms with E-state index in [0.717, 1.165) is 5.56 Å². The van der Waals surface area contributed by atoms with Crippen molar-refractivity contribution in [3.05, 3.63) is 60.2 Å². The second-order valence-electron chi connectivity index (χ2n) is 4.52. The number of rotatable bonds is 5. The molecule has 1 atom stereocenters. The van der Waals surface area contributed by atoms with Crippen molar-refractivity contribution in [3.63, 3.8) is 0 Å². The first-order valence-electron chi connectivity index (χ1n) is 6.48. The molecule has 0 fully saturated rings. The van der Waals surface area contributed by atoms with Crippen molar-refractivity contribution in [3.8, 4) is 23.0 Å². The molecular formula is C17H18O4. The predicted octanol–water partition coefficient (Wildman–Crippen LogP) is 3.43. The van der Waals surface area contributed by atoms with Crippen LogP contribution in [0.2, 0.25) is 0 Å². The summed E-state index contributed by atoms with van der Waals surface area (Å²) in [4.78, 5) is 0. The van der Waals surface area contributed by atoms with E-state index in [2.05, 4.69) is 6.58 Å². The lowest BCUT2D eigenvalue weighted by Gasteiger charge is -2.19. The number of aromatic hydroxyl groups is 2. The maximum absolute atomic E-state index is 10.4. The minimum Gasteiger partial charge on any atom is -0.504 e. The number of methoxy groups -OCH3 is 2. The molecule has 110 valence electrons.